The number of aliphatic carboxylic acids is 1. The van der Waals surface area contributed by atoms with Crippen LogP contribution in [0.1, 0.15) is 55.0 Å². The number of rotatable bonds is 9. The molecule has 3 heterocycles. The molecule has 0 amide bonds. The molecule has 0 radical (unpaired) electrons. The number of aromatic nitrogens is 3. The van der Waals surface area contributed by atoms with E-state index in [-0.39, 0.29) is 6.42 Å². The Balaban J connectivity index is 1.47. The van der Waals surface area contributed by atoms with Crippen LogP contribution in [-0.4, -0.2) is 38.6 Å². The van der Waals surface area contributed by atoms with Crippen molar-refractivity contribution in [1.82, 2.24) is 14.8 Å². The van der Waals surface area contributed by atoms with Crippen LogP contribution in [0.5, 0.6) is 0 Å². The van der Waals surface area contributed by atoms with Crippen LogP contribution in [0, 0.1) is 0 Å². The summed E-state index contributed by atoms with van der Waals surface area (Å²) in [7, 11) is 0. The fourth-order valence-corrected chi connectivity index (χ4v) is 4.45. The van der Waals surface area contributed by atoms with Crippen molar-refractivity contribution in [2.75, 3.05) is 11.9 Å². The van der Waals surface area contributed by atoms with Gasteiger partial charge in [0.05, 0.1) is 24.2 Å². The number of benzene rings is 1. The first-order chi connectivity index (χ1) is 15.8. The average molecular weight is 461 g/mol. The van der Waals surface area contributed by atoms with Gasteiger partial charge in [0.1, 0.15) is 5.82 Å². The van der Waals surface area contributed by atoms with E-state index in [1.54, 1.807) is 12.3 Å². The Labute approximate surface area is 189 Å². The Hall–Kier alpha value is -3.10. The molecule has 176 valence electrons. The van der Waals surface area contributed by atoms with E-state index in [1.165, 1.54) is 10.2 Å². The zero-order chi connectivity index (χ0) is 23.4. The van der Waals surface area contributed by atoms with Crippen LogP contribution < -0.4 is 5.32 Å². The zero-order valence-corrected chi connectivity index (χ0v) is 18.2. The summed E-state index contributed by atoms with van der Waals surface area (Å²) in [5.74, 6) is -0.167. The number of anilines is 1. The number of halogens is 3. The SMILES string of the molecule is O=C(O)CC(CCC(F)(F)F)n1ncc2c(CCCc3ccc4c(n3)NCCC4)cccc21. The molecule has 0 saturated carbocycles. The lowest BCUT2D eigenvalue weighted by atomic mass is 10.0. The normalized spacial score (nSPS) is 14.6. The number of fused-ring (bicyclic) bond motifs is 2. The van der Waals surface area contributed by atoms with E-state index in [1.807, 2.05) is 12.1 Å². The lowest BCUT2D eigenvalue weighted by molar-refractivity contribution is -0.143. The van der Waals surface area contributed by atoms with E-state index in [4.69, 9.17) is 4.98 Å². The van der Waals surface area contributed by atoms with Gasteiger partial charge in [-0.25, -0.2) is 4.98 Å². The van der Waals surface area contributed by atoms with Gasteiger partial charge in [-0.15, -0.1) is 0 Å². The molecule has 1 unspecified atom stereocenters. The van der Waals surface area contributed by atoms with Crippen molar-refractivity contribution >= 4 is 22.7 Å². The standard InChI is InChI=1S/C24H27F3N4O2/c25-24(26,27)12-11-19(14-22(32)33)31-21-8-2-5-16(20(21)15-29-31)4-1-7-18-10-9-17-6-3-13-28-23(17)30-18/h2,5,8-10,15,19H,1,3-4,6-7,11-14H2,(H,28,30)(H,32,33). The third-order valence-electron chi connectivity index (χ3n) is 6.08. The third-order valence-corrected chi connectivity index (χ3v) is 6.08. The summed E-state index contributed by atoms with van der Waals surface area (Å²) in [5, 5.41) is 17.7. The first kappa shape index (κ1) is 23.1. The van der Waals surface area contributed by atoms with Crippen molar-refractivity contribution in [3.63, 3.8) is 0 Å². The summed E-state index contributed by atoms with van der Waals surface area (Å²) in [6.45, 7) is 0.946. The smallest absolute Gasteiger partial charge is 0.389 e. The Kier molecular flexibility index (Phi) is 6.85. The molecule has 0 fully saturated rings. The van der Waals surface area contributed by atoms with Gasteiger partial charge in [-0.3, -0.25) is 9.48 Å². The molecule has 2 aromatic heterocycles. The van der Waals surface area contributed by atoms with E-state index in [9.17, 15) is 23.1 Å². The summed E-state index contributed by atoms with van der Waals surface area (Å²) in [4.78, 5) is 16.0. The third kappa shape index (κ3) is 5.83. The van der Waals surface area contributed by atoms with Gasteiger partial charge in [-0.2, -0.15) is 18.3 Å². The maximum absolute atomic E-state index is 12.8. The maximum atomic E-state index is 12.8. The molecule has 1 aliphatic heterocycles. The van der Waals surface area contributed by atoms with Crippen LogP contribution in [-0.2, 0) is 24.1 Å². The van der Waals surface area contributed by atoms with Crippen LogP contribution in [0.25, 0.3) is 10.9 Å². The predicted molar refractivity (Wildman–Crippen MR) is 119 cm³/mol. The highest BCUT2D eigenvalue weighted by molar-refractivity contribution is 5.82. The number of aryl methyl sites for hydroxylation is 3. The highest BCUT2D eigenvalue weighted by atomic mass is 19.4. The molecule has 2 N–H and O–H groups in total. The van der Waals surface area contributed by atoms with Crippen LogP contribution >= 0.6 is 0 Å². The molecule has 6 nitrogen and oxygen atoms in total. The highest BCUT2D eigenvalue weighted by Gasteiger charge is 2.30. The average Bonchev–Trinajstić information content (AvgIpc) is 3.21. The molecular weight excluding hydrogens is 433 g/mol. The first-order valence-electron chi connectivity index (χ1n) is 11.3. The number of nitrogens with one attached hydrogen (secondary N) is 1. The second kappa shape index (κ2) is 9.80. The Bertz CT molecular complexity index is 1130. The predicted octanol–water partition coefficient (Wildman–Crippen LogP) is 5.32. The lowest BCUT2D eigenvalue weighted by Gasteiger charge is -2.18. The monoisotopic (exact) mass is 460 g/mol. The van der Waals surface area contributed by atoms with Crippen LogP contribution in [0.3, 0.4) is 0 Å². The summed E-state index contributed by atoms with van der Waals surface area (Å²) in [6, 6.07) is 8.96. The second-order valence-corrected chi connectivity index (χ2v) is 8.54. The number of hydrogen-bond donors (Lipinski definition) is 2. The van der Waals surface area contributed by atoms with Gasteiger partial charge in [0.2, 0.25) is 0 Å². The van der Waals surface area contributed by atoms with E-state index in [0.29, 0.717) is 5.52 Å². The van der Waals surface area contributed by atoms with Gasteiger partial charge < -0.3 is 10.4 Å². The van der Waals surface area contributed by atoms with E-state index in [0.717, 1.165) is 61.1 Å². The molecule has 1 aromatic carbocycles. The number of nitrogens with zero attached hydrogens (tertiary/aromatic N) is 3. The molecule has 3 aromatic rings. The molecule has 1 aliphatic rings. The summed E-state index contributed by atoms with van der Waals surface area (Å²) in [6.07, 6.45) is 0.122. The molecular formula is C24H27F3N4O2. The number of carboxylic acids is 1. The van der Waals surface area contributed by atoms with Crippen molar-refractivity contribution in [2.45, 2.75) is 63.6 Å². The Morgan fingerprint density at radius 2 is 2.06 bits per heavy atom. The number of pyridine rings is 1. The summed E-state index contributed by atoms with van der Waals surface area (Å²) >= 11 is 0. The molecule has 0 bridgehead atoms. The number of hydrogen-bond acceptors (Lipinski definition) is 4. The Morgan fingerprint density at radius 1 is 1.21 bits per heavy atom. The van der Waals surface area contributed by atoms with Gasteiger partial charge in [0, 0.05) is 24.0 Å². The fraction of sp³-hybridized carbons (Fsp3) is 0.458. The van der Waals surface area contributed by atoms with Gasteiger partial charge >= 0.3 is 12.1 Å². The summed E-state index contributed by atoms with van der Waals surface area (Å²) in [5.41, 5.74) is 3.99. The number of carbonyl (C=O) groups is 1. The van der Waals surface area contributed by atoms with E-state index >= 15 is 0 Å². The maximum Gasteiger partial charge on any atom is 0.389 e. The fourth-order valence-electron chi connectivity index (χ4n) is 4.45. The highest BCUT2D eigenvalue weighted by Crippen LogP contribution is 2.31. The van der Waals surface area contributed by atoms with E-state index in [2.05, 4.69) is 22.5 Å². The van der Waals surface area contributed by atoms with Crippen molar-refractivity contribution in [3.05, 3.63) is 53.3 Å². The quantitative estimate of drug-likeness (QED) is 0.452. The first-order valence-corrected chi connectivity index (χ1v) is 11.3. The molecule has 0 saturated heterocycles. The molecule has 33 heavy (non-hydrogen) atoms. The van der Waals surface area contributed by atoms with Gasteiger partial charge in [0.25, 0.3) is 0 Å². The lowest BCUT2D eigenvalue weighted by Crippen LogP contribution is -2.18. The number of alkyl halides is 3. The Morgan fingerprint density at radius 3 is 2.85 bits per heavy atom. The van der Waals surface area contributed by atoms with E-state index < -0.39 is 31.0 Å². The number of carboxylic acid groups (broad SMARTS) is 1. The van der Waals surface area contributed by atoms with Crippen molar-refractivity contribution in [3.8, 4) is 0 Å². The van der Waals surface area contributed by atoms with Gasteiger partial charge in [-0.1, -0.05) is 18.2 Å². The minimum atomic E-state index is -4.34. The molecule has 9 heteroatoms. The topological polar surface area (TPSA) is 80.0 Å². The van der Waals surface area contributed by atoms with Gasteiger partial charge in [-0.05, 0) is 61.8 Å². The minimum Gasteiger partial charge on any atom is -0.481 e. The molecule has 4 rings (SSSR count). The zero-order valence-electron chi connectivity index (χ0n) is 18.2. The molecule has 1 atom stereocenters. The van der Waals surface area contributed by atoms with Crippen LogP contribution in [0.4, 0.5) is 19.0 Å². The van der Waals surface area contributed by atoms with Crippen LogP contribution in [0.15, 0.2) is 36.5 Å². The molecule has 0 spiro atoms. The van der Waals surface area contributed by atoms with Gasteiger partial charge in [0.15, 0.2) is 0 Å². The molecule has 0 aliphatic carbocycles. The van der Waals surface area contributed by atoms with Crippen molar-refractivity contribution in [2.24, 2.45) is 0 Å². The largest absolute Gasteiger partial charge is 0.481 e. The van der Waals surface area contributed by atoms with Crippen molar-refractivity contribution < 1.29 is 23.1 Å². The second-order valence-electron chi connectivity index (χ2n) is 8.54. The van der Waals surface area contributed by atoms with Crippen molar-refractivity contribution in [1.29, 1.82) is 0 Å². The summed E-state index contributed by atoms with van der Waals surface area (Å²) < 4.78 is 39.7. The minimum absolute atomic E-state index is 0.325. The van der Waals surface area contributed by atoms with Crippen LogP contribution in [0.2, 0.25) is 0 Å².